The molecule has 0 aliphatic carbocycles. The molecule has 1 fully saturated rings. The highest BCUT2D eigenvalue weighted by molar-refractivity contribution is 7.20. The van der Waals surface area contributed by atoms with E-state index >= 15 is 0 Å². The van der Waals surface area contributed by atoms with Crippen LogP contribution in [-0.4, -0.2) is 36.0 Å². The predicted molar refractivity (Wildman–Crippen MR) is 103 cm³/mol. The number of pyridine rings is 1. The highest BCUT2D eigenvalue weighted by atomic mass is 32.1. The Hall–Kier alpha value is -2.14. The molecule has 4 nitrogen and oxygen atoms in total. The van der Waals surface area contributed by atoms with Crippen LogP contribution < -0.4 is 4.74 Å². The molecule has 25 heavy (non-hydrogen) atoms. The molecule has 0 unspecified atom stereocenters. The van der Waals surface area contributed by atoms with Crippen LogP contribution in [0, 0.1) is 11.8 Å². The number of nitrogens with zero attached hydrogens (tertiary/aromatic N) is 2. The summed E-state index contributed by atoms with van der Waals surface area (Å²) in [6.45, 7) is 6.15. The Morgan fingerprint density at radius 1 is 1.16 bits per heavy atom. The number of carbonyl (C=O) groups excluding carboxylic acids is 1. The molecule has 0 saturated carbocycles. The fourth-order valence-corrected chi connectivity index (χ4v) is 4.82. The normalized spacial score (nSPS) is 21.0. The number of piperidine rings is 1. The summed E-state index contributed by atoms with van der Waals surface area (Å²) in [7, 11) is 1.66. The number of thiophene rings is 1. The lowest BCUT2D eigenvalue weighted by Crippen LogP contribution is -2.42. The number of ether oxygens (including phenoxy) is 1. The lowest BCUT2D eigenvalue weighted by Gasteiger charge is -2.34. The van der Waals surface area contributed by atoms with Crippen molar-refractivity contribution in [3.8, 4) is 5.75 Å². The Bertz CT molecular complexity index is 939. The van der Waals surface area contributed by atoms with Crippen LogP contribution in [0.4, 0.5) is 0 Å². The van der Waals surface area contributed by atoms with Crippen molar-refractivity contribution < 1.29 is 9.53 Å². The number of fused-ring (bicyclic) bond motifs is 2. The molecular weight excluding hydrogens is 332 g/mol. The van der Waals surface area contributed by atoms with Crippen molar-refractivity contribution in [2.45, 2.75) is 20.3 Å². The topological polar surface area (TPSA) is 42.4 Å². The van der Waals surface area contributed by atoms with Crippen LogP contribution in [0.1, 0.15) is 29.9 Å². The summed E-state index contributed by atoms with van der Waals surface area (Å²) in [6, 6.07) is 9.93. The van der Waals surface area contributed by atoms with Gasteiger partial charge in [-0.25, -0.2) is 4.98 Å². The second kappa shape index (κ2) is 6.30. The number of likely N-dealkylation sites (tertiary alicyclic amines) is 1. The van der Waals surface area contributed by atoms with Gasteiger partial charge in [0.05, 0.1) is 17.5 Å². The second-order valence-corrected chi connectivity index (χ2v) is 8.24. The highest BCUT2D eigenvalue weighted by Gasteiger charge is 2.27. The largest absolute Gasteiger partial charge is 0.497 e. The lowest BCUT2D eigenvalue weighted by atomic mass is 9.92. The molecular formula is C20H22N2O2S. The van der Waals surface area contributed by atoms with E-state index in [1.165, 1.54) is 17.8 Å². The van der Waals surface area contributed by atoms with Crippen LogP contribution >= 0.6 is 11.3 Å². The fourth-order valence-electron chi connectivity index (χ4n) is 3.83. The Morgan fingerprint density at radius 2 is 1.92 bits per heavy atom. The molecule has 1 aliphatic heterocycles. The average molecular weight is 354 g/mol. The minimum absolute atomic E-state index is 0.142. The zero-order chi connectivity index (χ0) is 17.6. The summed E-state index contributed by atoms with van der Waals surface area (Å²) < 4.78 is 5.29. The molecule has 5 heteroatoms. The van der Waals surface area contributed by atoms with Gasteiger partial charge in [-0.05, 0) is 48.6 Å². The minimum Gasteiger partial charge on any atom is -0.497 e. The fraction of sp³-hybridized carbons (Fsp3) is 0.400. The van der Waals surface area contributed by atoms with Crippen molar-refractivity contribution in [3.63, 3.8) is 0 Å². The van der Waals surface area contributed by atoms with Gasteiger partial charge < -0.3 is 9.64 Å². The maximum absolute atomic E-state index is 12.9. The molecule has 1 aliphatic rings. The maximum atomic E-state index is 12.9. The standard InChI is InChI=1S/C20H22N2O2S/c1-12-6-13(2)11-22(10-12)20(23)18-9-15-7-14-8-16(24-3)4-5-17(14)21-19(15)25-18/h4-5,7-9,12-13H,6,10-11H2,1-3H3/t12-,13-/m1/s1. The third-order valence-electron chi connectivity index (χ3n) is 4.87. The minimum atomic E-state index is 0.142. The molecule has 0 radical (unpaired) electrons. The van der Waals surface area contributed by atoms with Gasteiger partial charge in [0.25, 0.3) is 5.91 Å². The van der Waals surface area contributed by atoms with Gasteiger partial charge in [-0.15, -0.1) is 11.3 Å². The summed E-state index contributed by atoms with van der Waals surface area (Å²) >= 11 is 1.49. The van der Waals surface area contributed by atoms with Gasteiger partial charge in [0.1, 0.15) is 10.6 Å². The summed E-state index contributed by atoms with van der Waals surface area (Å²) in [6.07, 6.45) is 1.20. The Balaban J connectivity index is 1.70. The quantitative estimate of drug-likeness (QED) is 0.677. The van der Waals surface area contributed by atoms with Gasteiger partial charge in [0.2, 0.25) is 0 Å². The summed E-state index contributed by atoms with van der Waals surface area (Å²) in [5, 5.41) is 2.05. The number of methoxy groups -OCH3 is 1. The summed E-state index contributed by atoms with van der Waals surface area (Å²) in [4.78, 5) is 21.4. The molecule has 4 rings (SSSR count). The molecule has 1 saturated heterocycles. The third kappa shape index (κ3) is 3.09. The van der Waals surface area contributed by atoms with E-state index in [0.717, 1.165) is 44.8 Å². The van der Waals surface area contributed by atoms with E-state index in [4.69, 9.17) is 9.72 Å². The van der Waals surface area contributed by atoms with E-state index < -0.39 is 0 Å². The monoisotopic (exact) mass is 354 g/mol. The Kier molecular flexibility index (Phi) is 4.12. The van der Waals surface area contributed by atoms with Crippen LogP contribution in [0.2, 0.25) is 0 Å². The van der Waals surface area contributed by atoms with E-state index in [1.807, 2.05) is 29.2 Å². The van der Waals surface area contributed by atoms with Crippen molar-refractivity contribution in [3.05, 3.63) is 35.2 Å². The van der Waals surface area contributed by atoms with Crippen LogP contribution in [0.25, 0.3) is 21.1 Å². The first-order chi connectivity index (χ1) is 12.0. The molecule has 2 atom stereocenters. The van der Waals surface area contributed by atoms with Crippen LogP contribution in [-0.2, 0) is 0 Å². The molecule has 0 N–H and O–H groups in total. The number of hydrogen-bond donors (Lipinski definition) is 0. The molecule has 1 aromatic carbocycles. The van der Waals surface area contributed by atoms with E-state index in [1.54, 1.807) is 7.11 Å². The smallest absolute Gasteiger partial charge is 0.264 e. The molecule has 3 aromatic rings. The van der Waals surface area contributed by atoms with Gasteiger partial charge in [0, 0.05) is 23.9 Å². The van der Waals surface area contributed by atoms with E-state index in [2.05, 4.69) is 19.9 Å². The summed E-state index contributed by atoms with van der Waals surface area (Å²) in [5.74, 6) is 2.09. The highest BCUT2D eigenvalue weighted by Crippen LogP contribution is 2.31. The zero-order valence-corrected chi connectivity index (χ0v) is 15.6. The number of benzene rings is 1. The van der Waals surface area contributed by atoms with E-state index in [9.17, 15) is 4.79 Å². The van der Waals surface area contributed by atoms with Crippen LogP contribution in [0.5, 0.6) is 5.75 Å². The average Bonchev–Trinajstić information content (AvgIpc) is 3.00. The van der Waals surface area contributed by atoms with Crippen molar-refractivity contribution in [2.75, 3.05) is 20.2 Å². The predicted octanol–water partition coefficient (Wildman–Crippen LogP) is 4.58. The van der Waals surface area contributed by atoms with E-state index in [0.29, 0.717) is 11.8 Å². The number of amides is 1. The SMILES string of the molecule is COc1ccc2nc3sc(C(=O)N4C[C@H](C)C[C@@H](C)C4)cc3cc2c1. The van der Waals surface area contributed by atoms with Gasteiger partial charge in [-0.3, -0.25) is 4.79 Å². The third-order valence-corrected chi connectivity index (χ3v) is 5.91. The number of hydrogen-bond acceptors (Lipinski definition) is 4. The first-order valence-electron chi connectivity index (χ1n) is 8.71. The molecule has 0 bridgehead atoms. The number of aromatic nitrogens is 1. The van der Waals surface area contributed by atoms with Crippen molar-refractivity contribution >= 4 is 38.4 Å². The second-order valence-electron chi connectivity index (χ2n) is 7.21. The van der Waals surface area contributed by atoms with Crippen molar-refractivity contribution in [1.29, 1.82) is 0 Å². The lowest BCUT2D eigenvalue weighted by molar-refractivity contribution is 0.0628. The van der Waals surface area contributed by atoms with Gasteiger partial charge in [-0.1, -0.05) is 13.8 Å². The molecule has 2 aromatic heterocycles. The zero-order valence-electron chi connectivity index (χ0n) is 14.8. The van der Waals surface area contributed by atoms with Gasteiger partial charge >= 0.3 is 0 Å². The maximum Gasteiger partial charge on any atom is 0.264 e. The molecule has 130 valence electrons. The summed E-state index contributed by atoms with van der Waals surface area (Å²) in [5.41, 5.74) is 0.925. The van der Waals surface area contributed by atoms with E-state index in [-0.39, 0.29) is 5.91 Å². The Morgan fingerprint density at radius 3 is 2.64 bits per heavy atom. The van der Waals surface area contributed by atoms with Gasteiger partial charge in [-0.2, -0.15) is 0 Å². The van der Waals surface area contributed by atoms with Crippen LogP contribution in [0.15, 0.2) is 30.3 Å². The van der Waals surface area contributed by atoms with Crippen molar-refractivity contribution in [1.82, 2.24) is 9.88 Å². The first-order valence-corrected chi connectivity index (χ1v) is 9.52. The number of rotatable bonds is 2. The number of carbonyl (C=O) groups is 1. The van der Waals surface area contributed by atoms with Crippen molar-refractivity contribution in [2.24, 2.45) is 11.8 Å². The molecule has 0 spiro atoms. The molecule has 1 amide bonds. The first kappa shape index (κ1) is 16.3. The van der Waals surface area contributed by atoms with Crippen LogP contribution in [0.3, 0.4) is 0 Å². The van der Waals surface area contributed by atoms with Gasteiger partial charge in [0.15, 0.2) is 0 Å². The Labute approximate surface area is 151 Å². The molecule has 3 heterocycles.